The lowest BCUT2D eigenvalue weighted by Crippen LogP contribution is -2.53. The second kappa shape index (κ2) is 7.22. The van der Waals surface area contributed by atoms with Crippen LogP contribution in [0.1, 0.15) is 38.5 Å². The number of methoxy groups -OCH3 is 2. The van der Waals surface area contributed by atoms with Gasteiger partial charge >= 0.3 is 5.97 Å². The van der Waals surface area contributed by atoms with Gasteiger partial charge in [-0.05, 0) is 25.7 Å². The Balaban J connectivity index is 1.93. The average Bonchev–Trinajstić information content (AvgIpc) is 2.86. The highest BCUT2D eigenvalue weighted by Gasteiger charge is 2.35. The van der Waals surface area contributed by atoms with Gasteiger partial charge in [0.05, 0.1) is 19.6 Å². The minimum absolute atomic E-state index is 0.00236. The Morgan fingerprint density at radius 2 is 2.00 bits per heavy atom. The zero-order chi connectivity index (χ0) is 13.7. The fraction of sp³-hybridized carbons (Fsp3) is 0.929. The summed E-state index contributed by atoms with van der Waals surface area (Å²) in [6.45, 7) is 1.79. The van der Waals surface area contributed by atoms with E-state index in [1.165, 1.54) is 20.0 Å². The third-order valence-electron chi connectivity index (χ3n) is 4.34. The molecule has 19 heavy (non-hydrogen) atoms. The summed E-state index contributed by atoms with van der Waals surface area (Å²) in [6, 6.07) is 0.656. The normalized spacial score (nSPS) is 32.4. The number of nitrogens with zero attached hydrogens (tertiary/aromatic N) is 1. The maximum Gasteiger partial charge on any atom is 0.310 e. The van der Waals surface area contributed by atoms with Crippen molar-refractivity contribution in [1.29, 1.82) is 0 Å². The van der Waals surface area contributed by atoms with Crippen molar-refractivity contribution in [3.8, 4) is 0 Å². The van der Waals surface area contributed by atoms with Crippen LogP contribution in [-0.2, 0) is 14.3 Å². The third kappa shape index (κ3) is 3.68. The largest absolute Gasteiger partial charge is 0.469 e. The molecule has 0 amide bonds. The minimum atomic E-state index is -0.0697. The van der Waals surface area contributed by atoms with Gasteiger partial charge in [-0.2, -0.15) is 0 Å². The van der Waals surface area contributed by atoms with Crippen LogP contribution in [0.5, 0.6) is 0 Å². The molecule has 2 aliphatic rings. The Bertz CT molecular complexity index is 298. The molecule has 1 saturated carbocycles. The second-order valence-electron chi connectivity index (χ2n) is 5.59. The molecule has 3 atom stereocenters. The molecule has 1 heterocycles. The zero-order valence-electron chi connectivity index (χ0n) is 12.1. The van der Waals surface area contributed by atoms with E-state index in [1.807, 2.05) is 0 Å². The van der Waals surface area contributed by atoms with E-state index in [-0.39, 0.29) is 17.9 Å². The summed E-state index contributed by atoms with van der Waals surface area (Å²) >= 11 is 0. The van der Waals surface area contributed by atoms with Gasteiger partial charge in [-0.15, -0.1) is 0 Å². The van der Waals surface area contributed by atoms with Crippen LogP contribution >= 0.6 is 0 Å². The van der Waals surface area contributed by atoms with E-state index < -0.39 is 0 Å². The van der Waals surface area contributed by atoms with Crippen LogP contribution in [0, 0.1) is 5.92 Å². The van der Waals surface area contributed by atoms with Gasteiger partial charge in [-0.1, -0.05) is 12.8 Å². The van der Waals surface area contributed by atoms with Crippen LogP contribution in [0.2, 0.25) is 0 Å². The van der Waals surface area contributed by atoms with Crippen LogP contribution in [-0.4, -0.2) is 50.4 Å². The second-order valence-corrected chi connectivity index (χ2v) is 5.59. The first-order valence-corrected chi connectivity index (χ1v) is 7.36. The van der Waals surface area contributed by atoms with Crippen molar-refractivity contribution in [3.05, 3.63) is 0 Å². The maximum atomic E-state index is 11.9. The maximum absolute atomic E-state index is 11.9. The Kier molecular flexibility index (Phi) is 5.60. The van der Waals surface area contributed by atoms with Crippen molar-refractivity contribution in [2.75, 3.05) is 27.4 Å². The number of hydrogen-bond donors (Lipinski definition) is 1. The van der Waals surface area contributed by atoms with E-state index in [1.54, 1.807) is 7.11 Å². The predicted octanol–water partition coefficient (Wildman–Crippen LogP) is 1.33. The quantitative estimate of drug-likeness (QED) is 0.764. The van der Waals surface area contributed by atoms with E-state index in [2.05, 4.69) is 10.4 Å². The number of ether oxygens (including phenoxy) is 2. The van der Waals surface area contributed by atoms with Crippen LogP contribution in [0.15, 0.2) is 0 Å². The van der Waals surface area contributed by atoms with Crippen LogP contribution < -0.4 is 5.43 Å². The summed E-state index contributed by atoms with van der Waals surface area (Å²) in [5.74, 6) is -0.0674. The molecule has 1 aliphatic carbocycles. The van der Waals surface area contributed by atoms with Gasteiger partial charge < -0.3 is 9.47 Å². The Hall–Kier alpha value is -0.650. The van der Waals surface area contributed by atoms with Gasteiger partial charge in [0.2, 0.25) is 0 Å². The Morgan fingerprint density at radius 3 is 2.74 bits per heavy atom. The smallest absolute Gasteiger partial charge is 0.310 e. The van der Waals surface area contributed by atoms with Crippen LogP contribution in [0.3, 0.4) is 0 Å². The summed E-state index contributed by atoms with van der Waals surface area (Å²) in [7, 11) is 3.23. The molecule has 0 radical (unpaired) electrons. The van der Waals surface area contributed by atoms with Gasteiger partial charge in [-0.3, -0.25) is 10.2 Å². The van der Waals surface area contributed by atoms with E-state index >= 15 is 0 Å². The number of rotatable bonds is 5. The van der Waals surface area contributed by atoms with Crippen molar-refractivity contribution in [2.45, 2.75) is 50.6 Å². The van der Waals surface area contributed by atoms with Crippen molar-refractivity contribution >= 4 is 5.97 Å². The molecule has 0 aromatic carbocycles. The van der Waals surface area contributed by atoms with Crippen LogP contribution in [0.25, 0.3) is 0 Å². The zero-order valence-corrected chi connectivity index (χ0v) is 12.1. The molecule has 2 rings (SSSR count). The minimum Gasteiger partial charge on any atom is -0.469 e. The first kappa shape index (κ1) is 14.8. The number of hydrazine groups is 1. The predicted molar refractivity (Wildman–Crippen MR) is 72.5 cm³/mol. The van der Waals surface area contributed by atoms with Gasteiger partial charge in [-0.25, -0.2) is 5.01 Å². The van der Waals surface area contributed by atoms with Crippen molar-refractivity contribution in [2.24, 2.45) is 5.92 Å². The Morgan fingerprint density at radius 1 is 1.21 bits per heavy atom. The fourth-order valence-corrected chi connectivity index (χ4v) is 3.30. The fourth-order valence-electron chi connectivity index (χ4n) is 3.30. The molecule has 1 saturated heterocycles. The third-order valence-corrected chi connectivity index (χ3v) is 4.34. The van der Waals surface area contributed by atoms with Gasteiger partial charge in [0.25, 0.3) is 0 Å². The molecule has 5 heteroatoms. The first-order chi connectivity index (χ1) is 9.26. The summed E-state index contributed by atoms with van der Waals surface area (Å²) in [4.78, 5) is 11.9. The number of carbonyl (C=O) groups excluding carboxylic acids is 1. The summed E-state index contributed by atoms with van der Waals surface area (Å²) < 4.78 is 10.2. The van der Waals surface area contributed by atoms with E-state index in [0.29, 0.717) is 6.04 Å². The molecule has 0 bridgehead atoms. The molecule has 0 spiro atoms. The SMILES string of the molecule is COC[C@@H]1CCCN1N[C@H]1CCCC[C@@H]1C(=O)OC. The first-order valence-electron chi connectivity index (χ1n) is 7.36. The molecule has 0 aromatic rings. The van der Waals surface area contributed by atoms with E-state index in [4.69, 9.17) is 9.47 Å². The monoisotopic (exact) mass is 270 g/mol. The van der Waals surface area contributed by atoms with Gasteiger partial charge in [0.15, 0.2) is 0 Å². The number of nitrogens with one attached hydrogen (secondary N) is 1. The average molecular weight is 270 g/mol. The molecule has 0 unspecified atom stereocenters. The summed E-state index contributed by atoms with van der Waals surface area (Å²) in [5.41, 5.74) is 3.57. The number of hydrogen-bond acceptors (Lipinski definition) is 5. The van der Waals surface area contributed by atoms with Gasteiger partial charge in [0.1, 0.15) is 0 Å². The Labute approximate surface area is 115 Å². The van der Waals surface area contributed by atoms with Gasteiger partial charge in [0, 0.05) is 25.7 Å². The lowest BCUT2D eigenvalue weighted by atomic mass is 9.85. The van der Waals surface area contributed by atoms with E-state index in [9.17, 15) is 4.79 Å². The molecule has 110 valence electrons. The van der Waals surface area contributed by atoms with Crippen LogP contribution in [0.4, 0.5) is 0 Å². The van der Waals surface area contributed by atoms with E-state index in [0.717, 1.165) is 38.8 Å². The highest BCUT2D eigenvalue weighted by atomic mass is 16.5. The lowest BCUT2D eigenvalue weighted by molar-refractivity contribution is -0.148. The number of carbonyl (C=O) groups is 1. The van der Waals surface area contributed by atoms with Crippen molar-refractivity contribution < 1.29 is 14.3 Å². The van der Waals surface area contributed by atoms with Crippen molar-refractivity contribution in [3.63, 3.8) is 0 Å². The highest BCUT2D eigenvalue weighted by Crippen LogP contribution is 2.27. The summed E-state index contributed by atoms with van der Waals surface area (Å²) in [6.07, 6.45) is 6.66. The topological polar surface area (TPSA) is 50.8 Å². The van der Waals surface area contributed by atoms with Crippen molar-refractivity contribution in [1.82, 2.24) is 10.4 Å². The lowest BCUT2D eigenvalue weighted by Gasteiger charge is -2.35. The summed E-state index contributed by atoms with van der Waals surface area (Å²) in [5, 5.41) is 2.27. The molecule has 1 aliphatic heterocycles. The molecular formula is C14H26N2O3. The molecule has 5 nitrogen and oxygen atoms in total. The molecule has 2 fully saturated rings. The molecular weight excluding hydrogens is 244 g/mol. The highest BCUT2D eigenvalue weighted by molar-refractivity contribution is 5.73. The molecule has 0 aromatic heterocycles. The standard InChI is InChI=1S/C14H26N2O3/c1-18-10-11-6-5-9-16(11)15-13-8-4-3-7-12(13)14(17)19-2/h11-13,15H,3-10H2,1-2H3/t11-,12-,13-/m0/s1. The number of esters is 1. The molecule has 1 N–H and O–H groups in total.